The van der Waals surface area contributed by atoms with Crippen LogP contribution in [0.1, 0.15) is 29.3 Å². The van der Waals surface area contributed by atoms with Crippen LogP contribution in [0.2, 0.25) is 0 Å². The van der Waals surface area contributed by atoms with E-state index in [0.717, 1.165) is 6.42 Å². The van der Waals surface area contributed by atoms with Crippen molar-refractivity contribution in [3.8, 4) is 5.69 Å². The van der Waals surface area contributed by atoms with E-state index >= 15 is 0 Å². The van der Waals surface area contributed by atoms with Gasteiger partial charge in [-0.15, -0.1) is 0 Å². The van der Waals surface area contributed by atoms with E-state index < -0.39 is 0 Å². The van der Waals surface area contributed by atoms with Crippen molar-refractivity contribution in [3.05, 3.63) is 64.8 Å². The predicted octanol–water partition coefficient (Wildman–Crippen LogP) is 5.12. The number of hydrogen-bond donors (Lipinski definition) is 0. The van der Waals surface area contributed by atoms with E-state index in [2.05, 4.69) is 74.7 Å². The van der Waals surface area contributed by atoms with Gasteiger partial charge in [-0.2, -0.15) is 0 Å². The molecule has 3 rings (SSSR count). The minimum Gasteiger partial charge on any atom is -0.313 e. The first-order chi connectivity index (χ1) is 9.61. The van der Waals surface area contributed by atoms with Gasteiger partial charge in [0.2, 0.25) is 0 Å². The zero-order valence-electron chi connectivity index (χ0n) is 12.7. The lowest BCUT2D eigenvalue weighted by Gasteiger charge is -2.10. The van der Waals surface area contributed by atoms with E-state index in [4.69, 9.17) is 0 Å². The molecule has 102 valence electrons. The second-order valence-electron chi connectivity index (χ2n) is 5.62. The normalized spacial score (nSPS) is 11.2. The first-order valence-electron chi connectivity index (χ1n) is 7.29. The molecule has 20 heavy (non-hydrogen) atoms. The molecule has 0 aliphatic rings. The minimum atomic E-state index is 1.05. The van der Waals surface area contributed by atoms with Crippen molar-refractivity contribution < 1.29 is 0 Å². The smallest absolute Gasteiger partial charge is 0.0534 e. The molecule has 3 aromatic rings. The predicted molar refractivity (Wildman–Crippen MR) is 86.9 cm³/mol. The molecule has 0 amide bonds. The highest BCUT2D eigenvalue weighted by Crippen LogP contribution is 2.30. The van der Waals surface area contributed by atoms with Gasteiger partial charge in [-0.1, -0.05) is 36.2 Å². The van der Waals surface area contributed by atoms with Crippen LogP contribution in [0.5, 0.6) is 0 Å². The monoisotopic (exact) mass is 263 g/mol. The molecule has 0 N–H and O–H groups in total. The maximum Gasteiger partial charge on any atom is 0.0534 e. The Morgan fingerprint density at radius 2 is 1.50 bits per heavy atom. The first kappa shape index (κ1) is 13.0. The second-order valence-corrected chi connectivity index (χ2v) is 5.62. The van der Waals surface area contributed by atoms with Crippen LogP contribution in [0, 0.1) is 20.8 Å². The molecule has 0 saturated carbocycles. The third kappa shape index (κ3) is 1.94. The number of fused-ring (bicyclic) bond motifs is 1. The molecule has 1 nitrogen and oxygen atoms in total. The Labute approximate surface area is 120 Å². The largest absolute Gasteiger partial charge is 0.313 e. The molecule has 0 radical (unpaired) electrons. The molecular weight excluding hydrogens is 242 g/mol. The summed E-state index contributed by atoms with van der Waals surface area (Å²) in [7, 11) is 0. The van der Waals surface area contributed by atoms with E-state index in [1.807, 2.05) is 0 Å². The Balaban J connectivity index is 2.36. The summed E-state index contributed by atoms with van der Waals surface area (Å²) in [5.41, 5.74) is 8.02. The summed E-state index contributed by atoms with van der Waals surface area (Å²) in [6.07, 6.45) is 1.05. The third-order valence-electron chi connectivity index (χ3n) is 4.13. The van der Waals surface area contributed by atoms with Crippen LogP contribution < -0.4 is 0 Å². The average molecular weight is 263 g/mol. The van der Waals surface area contributed by atoms with E-state index in [0.29, 0.717) is 0 Å². The zero-order chi connectivity index (χ0) is 14.3. The topological polar surface area (TPSA) is 4.93 Å². The summed E-state index contributed by atoms with van der Waals surface area (Å²) < 4.78 is 2.41. The van der Waals surface area contributed by atoms with Gasteiger partial charge in [-0.05, 0) is 57.0 Å². The summed E-state index contributed by atoms with van der Waals surface area (Å²) in [6.45, 7) is 8.77. The highest BCUT2D eigenvalue weighted by Gasteiger charge is 2.13. The summed E-state index contributed by atoms with van der Waals surface area (Å²) >= 11 is 0. The summed E-state index contributed by atoms with van der Waals surface area (Å²) in [6, 6.07) is 15.5. The van der Waals surface area contributed by atoms with Crippen LogP contribution in [0.25, 0.3) is 16.6 Å². The quantitative estimate of drug-likeness (QED) is 0.605. The van der Waals surface area contributed by atoms with Gasteiger partial charge in [0.15, 0.2) is 0 Å². The number of aromatic nitrogens is 1. The lowest BCUT2D eigenvalue weighted by atomic mass is 10.1. The van der Waals surface area contributed by atoms with Crippen LogP contribution in [-0.4, -0.2) is 4.57 Å². The molecular formula is C19H21N. The number of aryl methyl sites for hydroxylation is 3. The van der Waals surface area contributed by atoms with Gasteiger partial charge >= 0.3 is 0 Å². The van der Waals surface area contributed by atoms with Crippen LogP contribution >= 0.6 is 0 Å². The molecule has 0 bridgehead atoms. The SMILES string of the molecule is CCc1c(C)c2cc(C)ccc2n1-c1ccc(C)cc1. The second kappa shape index (κ2) is 4.82. The summed E-state index contributed by atoms with van der Waals surface area (Å²) in [4.78, 5) is 0. The van der Waals surface area contributed by atoms with E-state index in [1.165, 1.54) is 39.0 Å². The van der Waals surface area contributed by atoms with E-state index in [-0.39, 0.29) is 0 Å². The van der Waals surface area contributed by atoms with Crippen LogP contribution in [0.4, 0.5) is 0 Å². The Hall–Kier alpha value is -2.02. The molecule has 0 atom stereocenters. The van der Waals surface area contributed by atoms with Crippen LogP contribution in [-0.2, 0) is 6.42 Å². The lowest BCUT2D eigenvalue weighted by Crippen LogP contribution is -1.99. The van der Waals surface area contributed by atoms with Gasteiger partial charge < -0.3 is 4.57 Å². The van der Waals surface area contributed by atoms with Crippen molar-refractivity contribution >= 4 is 10.9 Å². The number of hydrogen-bond acceptors (Lipinski definition) is 0. The van der Waals surface area contributed by atoms with Crippen molar-refractivity contribution in [2.24, 2.45) is 0 Å². The Kier molecular flexibility index (Phi) is 3.13. The first-order valence-corrected chi connectivity index (χ1v) is 7.29. The standard InChI is InChI=1S/C19H21N/c1-5-18-15(4)17-12-14(3)8-11-19(17)20(18)16-9-6-13(2)7-10-16/h6-12H,5H2,1-4H3. The fraction of sp³-hybridized carbons (Fsp3) is 0.263. The molecule has 1 heterocycles. The molecule has 0 aliphatic heterocycles. The maximum absolute atomic E-state index is 2.41. The summed E-state index contributed by atoms with van der Waals surface area (Å²) in [5.74, 6) is 0. The van der Waals surface area contributed by atoms with Crippen molar-refractivity contribution in [1.29, 1.82) is 0 Å². The minimum absolute atomic E-state index is 1.05. The van der Waals surface area contributed by atoms with Gasteiger partial charge in [0.1, 0.15) is 0 Å². The van der Waals surface area contributed by atoms with Gasteiger partial charge in [0.25, 0.3) is 0 Å². The molecule has 0 unspecified atom stereocenters. The lowest BCUT2D eigenvalue weighted by molar-refractivity contribution is 0.946. The van der Waals surface area contributed by atoms with E-state index in [1.54, 1.807) is 0 Å². The Morgan fingerprint density at radius 1 is 0.850 bits per heavy atom. The van der Waals surface area contributed by atoms with Crippen molar-refractivity contribution in [3.63, 3.8) is 0 Å². The van der Waals surface area contributed by atoms with Gasteiger partial charge in [-0.3, -0.25) is 0 Å². The number of rotatable bonds is 2. The fourth-order valence-corrected chi connectivity index (χ4v) is 3.03. The number of benzene rings is 2. The highest BCUT2D eigenvalue weighted by molar-refractivity contribution is 5.87. The molecule has 2 aromatic carbocycles. The third-order valence-corrected chi connectivity index (χ3v) is 4.13. The summed E-state index contributed by atoms with van der Waals surface area (Å²) in [5, 5.41) is 1.38. The molecule has 0 saturated heterocycles. The van der Waals surface area contributed by atoms with Crippen LogP contribution in [0.3, 0.4) is 0 Å². The molecule has 1 aromatic heterocycles. The van der Waals surface area contributed by atoms with Gasteiger partial charge in [-0.25, -0.2) is 0 Å². The molecule has 1 heteroatoms. The van der Waals surface area contributed by atoms with Gasteiger partial charge in [0.05, 0.1) is 5.52 Å². The zero-order valence-corrected chi connectivity index (χ0v) is 12.7. The van der Waals surface area contributed by atoms with Gasteiger partial charge in [0, 0.05) is 16.8 Å². The van der Waals surface area contributed by atoms with Crippen molar-refractivity contribution in [2.75, 3.05) is 0 Å². The van der Waals surface area contributed by atoms with E-state index in [9.17, 15) is 0 Å². The molecule has 0 spiro atoms. The molecule has 0 aliphatic carbocycles. The number of nitrogens with zero attached hydrogens (tertiary/aromatic N) is 1. The van der Waals surface area contributed by atoms with Crippen LogP contribution in [0.15, 0.2) is 42.5 Å². The van der Waals surface area contributed by atoms with Crippen molar-refractivity contribution in [2.45, 2.75) is 34.1 Å². The average Bonchev–Trinajstić information content (AvgIpc) is 2.72. The molecule has 0 fully saturated rings. The Bertz CT molecular complexity index is 761. The highest BCUT2D eigenvalue weighted by atomic mass is 15.0. The fourth-order valence-electron chi connectivity index (χ4n) is 3.03. The Morgan fingerprint density at radius 3 is 2.15 bits per heavy atom. The van der Waals surface area contributed by atoms with Crippen molar-refractivity contribution in [1.82, 2.24) is 4.57 Å². The maximum atomic E-state index is 2.41.